The van der Waals surface area contributed by atoms with Gasteiger partial charge in [-0.3, -0.25) is 4.90 Å². The maximum absolute atomic E-state index is 6.60. The van der Waals surface area contributed by atoms with Gasteiger partial charge in [0, 0.05) is 12.2 Å². The SMILES string of the molecule is CN1CCC[C@H]1c1cnc(Cl)cc1P(c1cccc2ccccc12)c1cccc2ccccc12. The van der Waals surface area contributed by atoms with Crippen LogP contribution in [0.4, 0.5) is 0 Å². The van der Waals surface area contributed by atoms with Gasteiger partial charge in [0.25, 0.3) is 0 Å². The number of aromatic nitrogens is 1. The third-order valence-electron chi connectivity index (χ3n) is 7.01. The summed E-state index contributed by atoms with van der Waals surface area (Å²) >= 11 is 6.60. The fourth-order valence-electron chi connectivity index (χ4n) is 5.38. The van der Waals surface area contributed by atoms with Crippen LogP contribution < -0.4 is 15.9 Å². The summed E-state index contributed by atoms with van der Waals surface area (Å²) in [5.74, 6) is 0. The van der Waals surface area contributed by atoms with E-state index in [-0.39, 0.29) is 0 Å². The molecule has 1 saturated heterocycles. The van der Waals surface area contributed by atoms with Gasteiger partial charge in [-0.1, -0.05) is 96.5 Å². The molecule has 0 amide bonds. The summed E-state index contributed by atoms with van der Waals surface area (Å²) < 4.78 is 0. The molecule has 5 aromatic rings. The quantitative estimate of drug-likeness (QED) is 0.214. The molecule has 1 fully saturated rings. The molecule has 0 bridgehead atoms. The summed E-state index contributed by atoms with van der Waals surface area (Å²) in [6.45, 7) is 1.12. The predicted octanol–water partition coefficient (Wildman–Crippen LogP) is 6.57. The van der Waals surface area contributed by atoms with Gasteiger partial charge in [-0.2, -0.15) is 0 Å². The zero-order chi connectivity index (χ0) is 23.1. The average Bonchev–Trinajstić information content (AvgIpc) is 3.30. The van der Waals surface area contributed by atoms with Gasteiger partial charge in [0.15, 0.2) is 0 Å². The summed E-state index contributed by atoms with van der Waals surface area (Å²) in [6, 6.07) is 33.4. The Kier molecular flexibility index (Phi) is 5.83. The van der Waals surface area contributed by atoms with Crippen molar-refractivity contribution in [1.29, 1.82) is 0 Å². The lowest BCUT2D eigenvalue weighted by Crippen LogP contribution is -2.29. The predicted molar refractivity (Wildman–Crippen MR) is 148 cm³/mol. The number of pyridine rings is 1. The van der Waals surface area contributed by atoms with Crippen molar-refractivity contribution in [3.05, 3.63) is 108 Å². The Morgan fingerprint density at radius 3 is 1.97 bits per heavy atom. The van der Waals surface area contributed by atoms with Crippen LogP contribution in [-0.2, 0) is 0 Å². The van der Waals surface area contributed by atoms with E-state index in [0.717, 1.165) is 13.0 Å². The maximum Gasteiger partial charge on any atom is 0.129 e. The highest BCUT2D eigenvalue weighted by molar-refractivity contribution is 7.80. The van der Waals surface area contributed by atoms with Crippen molar-refractivity contribution in [1.82, 2.24) is 9.88 Å². The molecule has 1 aromatic heterocycles. The molecule has 2 heterocycles. The van der Waals surface area contributed by atoms with E-state index in [1.165, 1.54) is 49.4 Å². The van der Waals surface area contributed by atoms with Crippen LogP contribution in [0.3, 0.4) is 0 Å². The van der Waals surface area contributed by atoms with E-state index in [9.17, 15) is 0 Å². The first-order chi connectivity index (χ1) is 16.7. The Bertz CT molecular complexity index is 1410. The molecule has 1 aliphatic heterocycles. The molecule has 168 valence electrons. The van der Waals surface area contributed by atoms with Crippen molar-refractivity contribution in [2.45, 2.75) is 18.9 Å². The Morgan fingerprint density at radius 1 is 0.794 bits per heavy atom. The highest BCUT2D eigenvalue weighted by atomic mass is 35.5. The van der Waals surface area contributed by atoms with Crippen molar-refractivity contribution in [3.8, 4) is 0 Å². The van der Waals surface area contributed by atoms with E-state index in [2.05, 4.69) is 108 Å². The van der Waals surface area contributed by atoms with E-state index in [0.29, 0.717) is 11.2 Å². The second-order valence-electron chi connectivity index (χ2n) is 9.04. The standard InChI is InChI=1S/C30H26ClN2P/c1-33-18-8-15-26(33)25-20-32-30(31)19-29(25)34(27-16-6-11-21-9-2-4-13-23(21)27)28-17-7-12-22-10-3-5-14-24(22)28/h2-7,9-14,16-17,19-20,26H,8,15,18H2,1H3/t26-/m0/s1. The summed E-state index contributed by atoms with van der Waals surface area (Å²) in [5.41, 5.74) is 1.32. The molecule has 4 heteroatoms. The van der Waals surface area contributed by atoms with E-state index in [4.69, 9.17) is 11.6 Å². The summed E-state index contributed by atoms with van der Waals surface area (Å²) in [7, 11) is 1.36. The van der Waals surface area contributed by atoms with Gasteiger partial charge in [-0.15, -0.1) is 0 Å². The monoisotopic (exact) mass is 480 g/mol. The van der Waals surface area contributed by atoms with Gasteiger partial charge < -0.3 is 0 Å². The van der Waals surface area contributed by atoms with Crippen LogP contribution in [0.15, 0.2) is 97.2 Å². The lowest BCUT2D eigenvalue weighted by Gasteiger charge is -2.29. The van der Waals surface area contributed by atoms with Gasteiger partial charge in [0.2, 0.25) is 0 Å². The molecule has 4 aromatic carbocycles. The number of likely N-dealkylation sites (tertiary alicyclic amines) is 1. The third kappa shape index (κ3) is 3.81. The Labute approximate surface area is 207 Å². The first kappa shape index (κ1) is 21.7. The Balaban J connectivity index is 1.69. The number of hydrogen-bond acceptors (Lipinski definition) is 2. The van der Waals surface area contributed by atoms with Crippen LogP contribution in [0.2, 0.25) is 5.15 Å². The minimum Gasteiger partial charge on any atom is -0.299 e. The minimum atomic E-state index is -0.869. The van der Waals surface area contributed by atoms with Crippen LogP contribution >= 0.6 is 19.5 Å². The average molecular weight is 481 g/mol. The smallest absolute Gasteiger partial charge is 0.129 e. The topological polar surface area (TPSA) is 16.1 Å². The summed E-state index contributed by atoms with van der Waals surface area (Å²) in [5, 5.41) is 9.78. The lowest BCUT2D eigenvalue weighted by molar-refractivity contribution is 0.318. The van der Waals surface area contributed by atoms with Crippen molar-refractivity contribution in [2.75, 3.05) is 13.6 Å². The van der Waals surface area contributed by atoms with E-state index in [1.807, 2.05) is 6.20 Å². The third-order valence-corrected chi connectivity index (χ3v) is 9.83. The number of rotatable bonds is 4. The van der Waals surface area contributed by atoms with Crippen LogP contribution in [0.5, 0.6) is 0 Å². The molecule has 0 saturated carbocycles. The van der Waals surface area contributed by atoms with Crippen LogP contribution in [0.1, 0.15) is 24.4 Å². The van der Waals surface area contributed by atoms with Crippen LogP contribution in [0.25, 0.3) is 21.5 Å². The fourth-order valence-corrected chi connectivity index (χ4v) is 8.47. The van der Waals surface area contributed by atoms with Crippen molar-refractivity contribution < 1.29 is 0 Å². The molecule has 0 N–H and O–H groups in total. The molecular formula is C30H26ClN2P. The van der Waals surface area contributed by atoms with Crippen molar-refractivity contribution in [2.24, 2.45) is 0 Å². The number of benzene rings is 4. The molecule has 1 atom stereocenters. The Hall–Kier alpha value is -2.77. The molecule has 0 aliphatic carbocycles. The van der Waals surface area contributed by atoms with Gasteiger partial charge in [-0.05, 0) is 83.4 Å². The number of halogens is 1. The second-order valence-corrected chi connectivity index (χ2v) is 11.5. The largest absolute Gasteiger partial charge is 0.299 e. The molecule has 0 unspecified atom stereocenters. The van der Waals surface area contributed by atoms with Crippen molar-refractivity contribution in [3.63, 3.8) is 0 Å². The van der Waals surface area contributed by atoms with E-state index in [1.54, 1.807) is 0 Å². The van der Waals surface area contributed by atoms with Crippen molar-refractivity contribution >= 4 is 57.0 Å². The van der Waals surface area contributed by atoms with Gasteiger partial charge in [0.1, 0.15) is 5.15 Å². The normalized spacial score (nSPS) is 16.6. The number of nitrogens with zero attached hydrogens (tertiary/aromatic N) is 2. The zero-order valence-electron chi connectivity index (χ0n) is 19.2. The number of fused-ring (bicyclic) bond motifs is 2. The molecular weight excluding hydrogens is 455 g/mol. The van der Waals surface area contributed by atoms with Gasteiger partial charge >= 0.3 is 0 Å². The molecule has 34 heavy (non-hydrogen) atoms. The highest BCUT2D eigenvalue weighted by Crippen LogP contribution is 2.42. The maximum atomic E-state index is 6.60. The van der Waals surface area contributed by atoms with Crippen LogP contribution in [0, 0.1) is 0 Å². The molecule has 2 nitrogen and oxygen atoms in total. The minimum absolute atomic E-state index is 0.370. The van der Waals surface area contributed by atoms with E-state index >= 15 is 0 Å². The van der Waals surface area contributed by atoms with Gasteiger partial charge in [0.05, 0.1) is 0 Å². The fraction of sp³-hybridized carbons (Fsp3) is 0.167. The van der Waals surface area contributed by atoms with E-state index < -0.39 is 7.92 Å². The number of hydrogen-bond donors (Lipinski definition) is 0. The second kappa shape index (κ2) is 9.12. The molecule has 1 aliphatic rings. The first-order valence-electron chi connectivity index (χ1n) is 11.8. The highest BCUT2D eigenvalue weighted by Gasteiger charge is 2.30. The zero-order valence-corrected chi connectivity index (χ0v) is 20.8. The lowest BCUT2D eigenvalue weighted by atomic mass is 10.1. The summed E-state index contributed by atoms with van der Waals surface area (Å²) in [6.07, 6.45) is 4.40. The first-order valence-corrected chi connectivity index (χ1v) is 13.5. The van der Waals surface area contributed by atoms with Gasteiger partial charge in [-0.25, -0.2) is 4.98 Å². The molecule has 0 radical (unpaired) electrons. The van der Waals surface area contributed by atoms with Crippen LogP contribution in [-0.4, -0.2) is 23.5 Å². The summed E-state index contributed by atoms with van der Waals surface area (Å²) in [4.78, 5) is 7.03. The molecule has 6 rings (SSSR count). The Morgan fingerprint density at radius 2 is 1.38 bits per heavy atom. The molecule has 0 spiro atoms.